The molecule has 0 fully saturated rings. The number of anilines is 1. The number of hydrogen-bond acceptors (Lipinski definition) is 5. The maximum Gasteiger partial charge on any atom is 0.412 e. The van der Waals surface area contributed by atoms with E-state index in [-0.39, 0.29) is 0 Å². The molecule has 1 aromatic rings. The van der Waals surface area contributed by atoms with Crippen molar-refractivity contribution in [3.8, 4) is 0 Å². The number of hydrogen-bond donors (Lipinski definition) is 4. The molecule has 4 N–H and O–H groups in total. The minimum atomic E-state index is -1.56. The Kier molecular flexibility index (Phi) is 3.78. The first kappa shape index (κ1) is 14.5. The first-order valence-electron chi connectivity index (χ1n) is 5.20. The fourth-order valence-corrected chi connectivity index (χ4v) is 1.17. The molecule has 0 aromatic carbocycles. The Morgan fingerprint density at radius 3 is 2.26 bits per heavy atom. The number of carboxylic acid groups (broad SMARTS) is 1. The average Bonchev–Trinajstić information content (AvgIpc) is 2.18. The monoisotopic (exact) mass is 271 g/mol. The van der Waals surface area contributed by atoms with E-state index in [1.807, 2.05) is 10.3 Å². The Bertz CT molecular complexity index is 621. The van der Waals surface area contributed by atoms with Crippen LogP contribution in [-0.4, -0.2) is 32.7 Å². The highest BCUT2D eigenvalue weighted by Gasteiger charge is 2.21. The largest absolute Gasteiger partial charge is 0.477 e. The number of ether oxygens (including phenoxy) is 1. The molecule has 104 valence electrons. The normalized spacial score (nSPS) is 10.9. The van der Waals surface area contributed by atoms with Gasteiger partial charge in [-0.2, -0.15) is 0 Å². The zero-order valence-corrected chi connectivity index (χ0v) is 10.5. The topological polar surface area (TPSA) is 141 Å². The number of nitrogens with one attached hydrogen (secondary N) is 3. The first-order chi connectivity index (χ1) is 8.60. The molecule has 0 aliphatic carbocycles. The van der Waals surface area contributed by atoms with Gasteiger partial charge in [0, 0.05) is 0 Å². The highest BCUT2D eigenvalue weighted by Crippen LogP contribution is 2.10. The van der Waals surface area contributed by atoms with Crippen LogP contribution < -0.4 is 16.6 Å². The van der Waals surface area contributed by atoms with Crippen LogP contribution in [0.1, 0.15) is 31.3 Å². The van der Waals surface area contributed by atoms with Gasteiger partial charge in [0.25, 0.3) is 5.56 Å². The van der Waals surface area contributed by atoms with Gasteiger partial charge in [0.05, 0.1) is 0 Å². The lowest BCUT2D eigenvalue weighted by atomic mass is 10.2. The molecule has 0 saturated carbocycles. The molecule has 1 rings (SSSR count). The van der Waals surface area contributed by atoms with E-state index in [2.05, 4.69) is 0 Å². The van der Waals surface area contributed by atoms with Crippen molar-refractivity contribution in [3.05, 3.63) is 26.5 Å². The molecule has 1 aromatic heterocycles. The predicted octanol–water partition coefficient (Wildman–Crippen LogP) is 0.108. The second-order valence-electron chi connectivity index (χ2n) is 4.59. The van der Waals surface area contributed by atoms with Gasteiger partial charge in [0.2, 0.25) is 0 Å². The number of carboxylic acids is 1. The third-order valence-electron chi connectivity index (χ3n) is 1.78. The van der Waals surface area contributed by atoms with Crippen LogP contribution >= 0.6 is 0 Å². The molecule has 19 heavy (non-hydrogen) atoms. The van der Waals surface area contributed by atoms with Crippen molar-refractivity contribution in [2.24, 2.45) is 0 Å². The van der Waals surface area contributed by atoms with Gasteiger partial charge in [-0.05, 0) is 20.8 Å². The Morgan fingerprint density at radius 1 is 1.21 bits per heavy atom. The number of aromatic carboxylic acids is 1. The highest BCUT2D eigenvalue weighted by molar-refractivity contribution is 5.96. The summed E-state index contributed by atoms with van der Waals surface area (Å²) in [5.74, 6) is -1.56. The minimum Gasteiger partial charge on any atom is -0.477 e. The van der Waals surface area contributed by atoms with Gasteiger partial charge in [0.15, 0.2) is 5.69 Å². The molecule has 9 heteroatoms. The summed E-state index contributed by atoms with van der Waals surface area (Å²) >= 11 is 0. The van der Waals surface area contributed by atoms with E-state index in [0.717, 1.165) is 0 Å². The van der Waals surface area contributed by atoms with Crippen molar-refractivity contribution in [3.63, 3.8) is 0 Å². The van der Waals surface area contributed by atoms with Crippen molar-refractivity contribution in [1.29, 1.82) is 0 Å². The van der Waals surface area contributed by atoms with Crippen molar-refractivity contribution >= 4 is 17.7 Å². The molecule has 0 aliphatic heterocycles. The number of aromatic amines is 2. The van der Waals surface area contributed by atoms with Crippen LogP contribution in [0.3, 0.4) is 0 Å². The molecule has 0 spiro atoms. The summed E-state index contributed by atoms with van der Waals surface area (Å²) in [5.41, 5.74) is -4.16. The van der Waals surface area contributed by atoms with Crippen LogP contribution in [0.25, 0.3) is 0 Å². The van der Waals surface area contributed by atoms with Crippen LogP contribution in [0, 0.1) is 0 Å². The second kappa shape index (κ2) is 4.96. The molecular weight excluding hydrogens is 258 g/mol. The summed E-state index contributed by atoms with van der Waals surface area (Å²) in [6, 6.07) is 0. The number of aromatic nitrogens is 2. The average molecular weight is 271 g/mol. The van der Waals surface area contributed by atoms with E-state index in [9.17, 15) is 19.2 Å². The zero-order chi connectivity index (χ0) is 14.8. The van der Waals surface area contributed by atoms with Crippen molar-refractivity contribution in [2.75, 3.05) is 5.32 Å². The van der Waals surface area contributed by atoms with Crippen LogP contribution in [0.15, 0.2) is 9.59 Å². The third kappa shape index (κ3) is 3.98. The molecule has 9 nitrogen and oxygen atoms in total. The molecule has 0 aliphatic rings. The van der Waals surface area contributed by atoms with Crippen molar-refractivity contribution in [1.82, 2.24) is 9.97 Å². The van der Waals surface area contributed by atoms with Crippen molar-refractivity contribution < 1.29 is 19.4 Å². The lowest BCUT2D eigenvalue weighted by Gasteiger charge is -2.19. The fourth-order valence-electron chi connectivity index (χ4n) is 1.17. The summed E-state index contributed by atoms with van der Waals surface area (Å²) in [6.45, 7) is 4.80. The molecule has 0 atom stereocenters. The van der Waals surface area contributed by atoms with Gasteiger partial charge in [-0.3, -0.25) is 20.1 Å². The summed E-state index contributed by atoms with van der Waals surface area (Å²) in [5, 5.41) is 10.8. The van der Waals surface area contributed by atoms with E-state index in [1.165, 1.54) is 0 Å². The van der Waals surface area contributed by atoms with Crippen LogP contribution in [-0.2, 0) is 4.74 Å². The summed E-state index contributed by atoms with van der Waals surface area (Å²) in [6.07, 6.45) is -1.01. The van der Waals surface area contributed by atoms with Crippen LogP contribution in [0.4, 0.5) is 10.5 Å². The van der Waals surface area contributed by atoms with Crippen molar-refractivity contribution in [2.45, 2.75) is 26.4 Å². The summed E-state index contributed by atoms with van der Waals surface area (Å²) < 4.78 is 4.87. The Balaban J connectivity index is 3.14. The molecule has 1 heterocycles. The standard InChI is InChI=1S/C10H13N3O6/c1-10(2,3)19-9(18)12-4-5(7(15)16)11-8(17)13-6(4)14/h1-3H3,(H,12,18)(H,15,16)(H2,11,13,14,17). The predicted molar refractivity (Wildman–Crippen MR) is 64.5 cm³/mol. The molecule has 0 bridgehead atoms. The summed E-state index contributed by atoms with van der Waals surface area (Å²) in [4.78, 5) is 48.5. The molecule has 0 radical (unpaired) electrons. The molecule has 0 unspecified atom stereocenters. The van der Waals surface area contributed by atoms with E-state index < -0.39 is 40.3 Å². The minimum absolute atomic E-state index is 0.596. The second-order valence-corrected chi connectivity index (χ2v) is 4.59. The van der Waals surface area contributed by atoms with Gasteiger partial charge in [-0.1, -0.05) is 0 Å². The summed E-state index contributed by atoms with van der Waals surface area (Å²) in [7, 11) is 0. The zero-order valence-electron chi connectivity index (χ0n) is 10.5. The fraction of sp³-hybridized carbons (Fsp3) is 0.400. The number of rotatable bonds is 2. The van der Waals surface area contributed by atoms with E-state index in [4.69, 9.17) is 9.84 Å². The van der Waals surface area contributed by atoms with Gasteiger partial charge >= 0.3 is 17.8 Å². The Labute approximate surface area is 106 Å². The highest BCUT2D eigenvalue weighted by atomic mass is 16.6. The van der Waals surface area contributed by atoms with Crippen LogP contribution in [0.2, 0.25) is 0 Å². The molecule has 1 amide bonds. The number of amides is 1. The lowest BCUT2D eigenvalue weighted by Crippen LogP contribution is -2.33. The lowest BCUT2D eigenvalue weighted by molar-refractivity contribution is 0.0635. The van der Waals surface area contributed by atoms with E-state index in [0.29, 0.717) is 0 Å². The quantitative estimate of drug-likeness (QED) is 0.601. The van der Waals surface area contributed by atoms with Gasteiger partial charge in [-0.15, -0.1) is 0 Å². The number of carbonyl (C=O) groups is 2. The van der Waals surface area contributed by atoms with Gasteiger partial charge in [-0.25, -0.2) is 14.4 Å². The first-order valence-corrected chi connectivity index (χ1v) is 5.20. The maximum atomic E-state index is 11.5. The Morgan fingerprint density at radius 2 is 1.79 bits per heavy atom. The van der Waals surface area contributed by atoms with E-state index >= 15 is 0 Å². The molecule has 0 saturated heterocycles. The number of H-pyrrole nitrogens is 2. The maximum absolute atomic E-state index is 11.5. The Hall–Kier alpha value is -2.58. The van der Waals surface area contributed by atoms with Crippen LogP contribution in [0.5, 0.6) is 0 Å². The SMILES string of the molecule is CC(C)(C)OC(=O)Nc1c(C(=O)O)[nH]c(=O)[nH]c1=O. The van der Waals surface area contributed by atoms with Gasteiger partial charge in [0.1, 0.15) is 11.3 Å². The smallest absolute Gasteiger partial charge is 0.412 e. The third-order valence-corrected chi connectivity index (χ3v) is 1.78. The van der Waals surface area contributed by atoms with E-state index in [1.54, 1.807) is 25.8 Å². The molecular formula is C10H13N3O6. The van der Waals surface area contributed by atoms with Gasteiger partial charge < -0.3 is 9.84 Å². The number of carbonyl (C=O) groups excluding carboxylic acids is 1.